The van der Waals surface area contributed by atoms with Crippen molar-refractivity contribution < 1.29 is 19.7 Å². The Kier molecular flexibility index (Phi) is 5.44. The molecule has 2 rings (SSSR count). The lowest BCUT2D eigenvalue weighted by atomic mass is 10.0. The van der Waals surface area contributed by atoms with Crippen molar-refractivity contribution >= 4 is 5.78 Å². The number of aliphatic hydroxyl groups excluding tert-OH is 2. The monoisotopic (exact) mass is 300 g/mol. The van der Waals surface area contributed by atoms with Gasteiger partial charge in [0.1, 0.15) is 12.2 Å². The minimum atomic E-state index is -1.37. The van der Waals surface area contributed by atoms with Gasteiger partial charge in [0.15, 0.2) is 5.78 Å². The summed E-state index contributed by atoms with van der Waals surface area (Å²) in [5, 5.41) is 18.2. The van der Waals surface area contributed by atoms with Crippen molar-refractivity contribution in [3.63, 3.8) is 0 Å². The van der Waals surface area contributed by atoms with E-state index in [9.17, 15) is 9.90 Å². The number of hydrogen-bond donors (Lipinski definition) is 2. The van der Waals surface area contributed by atoms with Crippen LogP contribution in [0.2, 0.25) is 0 Å². The third-order valence-electron chi connectivity index (χ3n) is 3.65. The van der Waals surface area contributed by atoms with E-state index < -0.39 is 24.6 Å². The Morgan fingerprint density at radius 3 is 2.14 bits per heavy atom. The van der Waals surface area contributed by atoms with Crippen molar-refractivity contribution in [1.82, 2.24) is 0 Å². The topological polar surface area (TPSA) is 66.8 Å². The Balaban J connectivity index is 2.04. The van der Waals surface area contributed by atoms with Gasteiger partial charge in [-0.1, -0.05) is 54.6 Å². The van der Waals surface area contributed by atoms with Crippen molar-refractivity contribution in [2.45, 2.75) is 19.1 Å². The molecule has 0 spiro atoms. The Labute approximate surface area is 130 Å². The Hall–Kier alpha value is -2.01. The smallest absolute Gasteiger partial charge is 0.191 e. The van der Waals surface area contributed by atoms with Crippen molar-refractivity contribution in [3.8, 4) is 11.1 Å². The van der Waals surface area contributed by atoms with E-state index in [1.54, 1.807) is 0 Å². The van der Waals surface area contributed by atoms with Crippen LogP contribution in [0, 0.1) is 0 Å². The number of ether oxygens (including phenoxy) is 1. The molecule has 0 amide bonds. The summed E-state index contributed by atoms with van der Waals surface area (Å²) >= 11 is 0. The second kappa shape index (κ2) is 7.31. The lowest BCUT2D eigenvalue weighted by molar-refractivity contribution is -0.152. The summed E-state index contributed by atoms with van der Waals surface area (Å²) in [5.41, 5.74) is 1.75. The SMILES string of the molecule is CC(CO)(OCc1ccc(-c2ccccc2)cc1)C(=O)CO. The standard InChI is InChI=1S/C18H20O4/c1-18(13-20,17(21)11-19)22-12-14-7-9-16(10-8-14)15-5-3-2-4-6-15/h2-10,19-20H,11-13H2,1H3. The first-order valence-electron chi connectivity index (χ1n) is 7.12. The van der Waals surface area contributed by atoms with Crippen LogP contribution in [0.15, 0.2) is 54.6 Å². The van der Waals surface area contributed by atoms with Gasteiger partial charge in [-0.05, 0) is 23.6 Å². The van der Waals surface area contributed by atoms with Gasteiger partial charge in [0.25, 0.3) is 0 Å². The fourth-order valence-electron chi connectivity index (χ4n) is 2.05. The van der Waals surface area contributed by atoms with E-state index in [0.717, 1.165) is 16.7 Å². The molecular formula is C18H20O4. The number of Topliss-reactive ketones (excluding diaryl/α,β-unsaturated/α-hetero) is 1. The molecule has 116 valence electrons. The highest BCUT2D eigenvalue weighted by Gasteiger charge is 2.32. The lowest BCUT2D eigenvalue weighted by Gasteiger charge is -2.25. The van der Waals surface area contributed by atoms with Crippen molar-refractivity contribution in [2.24, 2.45) is 0 Å². The number of benzene rings is 2. The van der Waals surface area contributed by atoms with E-state index in [1.165, 1.54) is 6.92 Å². The van der Waals surface area contributed by atoms with Gasteiger partial charge in [-0.3, -0.25) is 4.79 Å². The van der Waals surface area contributed by atoms with Gasteiger partial charge in [-0.15, -0.1) is 0 Å². The van der Waals surface area contributed by atoms with Crippen molar-refractivity contribution in [1.29, 1.82) is 0 Å². The average molecular weight is 300 g/mol. The Bertz CT molecular complexity index is 607. The summed E-state index contributed by atoms with van der Waals surface area (Å²) in [6.07, 6.45) is 0. The third kappa shape index (κ3) is 3.80. The fraction of sp³-hybridized carbons (Fsp3) is 0.278. The highest BCUT2D eigenvalue weighted by Crippen LogP contribution is 2.20. The molecule has 22 heavy (non-hydrogen) atoms. The number of rotatable bonds is 7. The van der Waals surface area contributed by atoms with Gasteiger partial charge in [-0.25, -0.2) is 0 Å². The van der Waals surface area contributed by atoms with E-state index in [1.807, 2.05) is 54.6 Å². The maximum Gasteiger partial charge on any atom is 0.191 e. The van der Waals surface area contributed by atoms with Gasteiger partial charge in [0.05, 0.1) is 13.2 Å². The summed E-state index contributed by atoms with van der Waals surface area (Å²) in [7, 11) is 0. The minimum absolute atomic E-state index is 0.192. The van der Waals surface area contributed by atoms with E-state index in [-0.39, 0.29) is 6.61 Å². The average Bonchev–Trinajstić information content (AvgIpc) is 2.60. The van der Waals surface area contributed by atoms with Crippen molar-refractivity contribution in [3.05, 3.63) is 60.2 Å². The predicted octanol–water partition coefficient (Wildman–Crippen LogP) is 2.18. The molecule has 1 unspecified atom stereocenters. The van der Waals surface area contributed by atoms with Crippen LogP contribution in [0.3, 0.4) is 0 Å². The maximum atomic E-state index is 11.6. The van der Waals surface area contributed by atoms with Crippen LogP contribution in [0.1, 0.15) is 12.5 Å². The molecule has 4 heteroatoms. The molecule has 0 fully saturated rings. The number of hydrogen-bond acceptors (Lipinski definition) is 4. The normalized spacial score (nSPS) is 13.6. The zero-order chi connectivity index (χ0) is 16.0. The van der Waals surface area contributed by atoms with E-state index in [2.05, 4.69) is 0 Å². The molecule has 0 saturated carbocycles. The molecule has 2 aromatic rings. The minimum Gasteiger partial charge on any atom is -0.393 e. The first kappa shape index (κ1) is 16.4. The number of carbonyl (C=O) groups is 1. The molecule has 4 nitrogen and oxygen atoms in total. The molecule has 0 radical (unpaired) electrons. The molecule has 0 aromatic heterocycles. The second-order valence-electron chi connectivity index (χ2n) is 5.32. The van der Waals surface area contributed by atoms with Crippen LogP contribution in [-0.2, 0) is 16.1 Å². The van der Waals surface area contributed by atoms with E-state index in [4.69, 9.17) is 9.84 Å². The zero-order valence-electron chi connectivity index (χ0n) is 12.5. The summed E-state index contributed by atoms with van der Waals surface area (Å²) in [4.78, 5) is 11.6. The van der Waals surface area contributed by atoms with Crippen LogP contribution in [0.25, 0.3) is 11.1 Å². The number of carbonyl (C=O) groups excluding carboxylic acids is 1. The first-order valence-corrected chi connectivity index (χ1v) is 7.12. The van der Waals surface area contributed by atoms with E-state index in [0.29, 0.717) is 0 Å². The van der Waals surface area contributed by atoms with Gasteiger partial charge in [-0.2, -0.15) is 0 Å². The molecule has 0 saturated heterocycles. The molecule has 2 N–H and O–H groups in total. The van der Waals surface area contributed by atoms with Crippen molar-refractivity contribution in [2.75, 3.05) is 13.2 Å². The largest absolute Gasteiger partial charge is 0.393 e. The lowest BCUT2D eigenvalue weighted by Crippen LogP contribution is -2.43. The third-order valence-corrected chi connectivity index (χ3v) is 3.65. The highest BCUT2D eigenvalue weighted by atomic mass is 16.5. The van der Waals surface area contributed by atoms with Crippen LogP contribution in [0.4, 0.5) is 0 Å². The molecule has 0 aliphatic heterocycles. The summed E-state index contributed by atoms with van der Waals surface area (Å²) < 4.78 is 5.50. The summed E-state index contributed by atoms with van der Waals surface area (Å²) in [6.45, 7) is 0.556. The predicted molar refractivity (Wildman–Crippen MR) is 84.3 cm³/mol. The van der Waals surface area contributed by atoms with Gasteiger partial charge < -0.3 is 14.9 Å². The molecular weight excluding hydrogens is 280 g/mol. The quantitative estimate of drug-likeness (QED) is 0.822. The Morgan fingerprint density at radius 1 is 1.00 bits per heavy atom. The molecule has 1 atom stereocenters. The van der Waals surface area contributed by atoms with Gasteiger partial charge in [0.2, 0.25) is 0 Å². The van der Waals surface area contributed by atoms with Crippen LogP contribution < -0.4 is 0 Å². The summed E-state index contributed by atoms with van der Waals surface area (Å²) in [5.74, 6) is -0.532. The highest BCUT2D eigenvalue weighted by molar-refractivity contribution is 5.88. The van der Waals surface area contributed by atoms with Crippen LogP contribution >= 0.6 is 0 Å². The van der Waals surface area contributed by atoms with Crippen LogP contribution in [0.5, 0.6) is 0 Å². The zero-order valence-corrected chi connectivity index (χ0v) is 12.5. The van der Waals surface area contributed by atoms with Gasteiger partial charge >= 0.3 is 0 Å². The van der Waals surface area contributed by atoms with Crippen LogP contribution in [-0.4, -0.2) is 34.8 Å². The fourth-order valence-corrected chi connectivity index (χ4v) is 2.05. The van der Waals surface area contributed by atoms with E-state index >= 15 is 0 Å². The maximum absolute atomic E-state index is 11.6. The number of ketones is 1. The first-order chi connectivity index (χ1) is 10.6. The summed E-state index contributed by atoms with van der Waals surface area (Å²) in [6, 6.07) is 17.8. The molecule has 0 aliphatic carbocycles. The number of aliphatic hydroxyl groups is 2. The van der Waals surface area contributed by atoms with Gasteiger partial charge in [0, 0.05) is 0 Å². The molecule has 0 heterocycles. The molecule has 0 bridgehead atoms. The Morgan fingerprint density at radius 2 is 1.59 bits per heavy atom. The molecule has 2 aromatic carbocycles. The molecule has 0 aliphatic rings. The second-order valence-corrected chi connectivity index (χ2v) is 5.32.